The van der Waals surface area contributed by atoms with E-state index in [1.165, 1.54) is 17.1 Å². The van der Waals surface area contributed by atoms with Crippen LogP contribution in [0, 0.1) is 0 Å². The Morgan fingerprint density at radius 3 is 2.71 bits per heavy atom. The van der Waals surface area contributed by atoms with Crippen molar-refractivity contribution >= 4 is 11.8 Å². The van der Waals surface area contributed by atoms with E-state index in [0.717, 1.165) is 51.7 Å². The summed E-state index contributed by atoms with van der Waals surface area (Å²) in [4.78, 5) is 4.71. The summed E-state index contributed by atoms with van der Waals surface area (Å²) in [6.07, 6.45) is -0.467. The smallest absolute Gasteiger partial charge is 0.119 e. The summed E-state index contributed by atoms with van der Waals surface area (Å²) in [5, 5.41) is 10.2. The van der Waals surface area contributed by atoms with Crippen molar-refractivity contribution < 1.29 is 14.6 Å². The molecule has 0 bridgehead atoms. The van der Waals surface area contributed by atoms with E-state index in [1.807, 2.05) is 23.9 Å². The van der Waals surface area contributed by atoms with Crippen LogP contribution in [0.25, 0.3) is 0 Å². The summed E-state index contributed by atoms with van der Waals surface area (Å²) in [6, 6.07) is 8.26. The summed E-state index contributed by atoms with van der Waals surface area (Å²) >= 11 is 2.03. The van der Waals surface area contributed by atoms with Crippen molar-refractivity contribution in [1.29, 1.82) is 0 Å². The van der Waals surface area contributed by atoms with Crippen LogP contribution in [0.2, 0.25) is 0 Å². The van der Waals surface area contributed by atoms with Crippen molar-refractivity contribution in [2.75, 3.05) is 64.1 Å². The normalized spacial score (nSPS) is 21.5. The number of aliphatic hydroxyl groups is 1. The third kappa shape index (κ3) is 5.93. The molecule has 2 heterocycles. The molecule has 3 rings (SSSR count). The maximum Gasteiger partial charge on any atom is 0.119 e. The molecule has 0 amide bonds. The zero-order valence-electron chi connectivity index (χ0n) is 14.2. The van der Waals surface area contributed by atoms with Crippen LogP contribution >= 0.6 is 11.8 Å². The van der Waals surface area contributed by atoms with Crippen molar-refractivity contribution in [3.8, 4) is 5.75 Å². The number of benzene rings is 1. The molecule has 1 aromatic carbocycles. The summed E-state index contributed by atoms with van der Waals surface area (Å²) in [5.41, 5.74) is 1.28. The molecule has 6 heteroatoms. The molecule has 2 fully saturated rings. The first-order chi connectivity index (χ1) is 11.8. The van der Waals surface area contributed by atoms with Gasteiger partial charge in [0.25, 0.3) is 0 Å². The number of rotatable bonds is 7. The molecular formula is C18H28N2O3S. The zero-order chi connectivity index (χ0) is 16.6. The summed E-state index contributed by atoms with van der Waals surface area (Å²) in [6.45, 7) is 7.57. The van der Waals surface area contributed by atoms with Gasteiger partial charge < -0.3 is 14.6 Å². The first-order valence-corrected chi connectivity index (χ1v) is 9.95. The van der Waals surface area contributed by atoms with Crippen molar-refractivity contribution in [2.24, 2.45) is 0 Å². The predicted octanol–water partition coefficient (Wildman–Crippen LogP) is 1.31. The third-order valence-electron chi connectivity index (χ3n) is 4.42. The van der Waals surface area contributed by atoms with Crippen molar-refractivity contribution in [1.82, 2.24) is 9.80 Å². The van der Waals surface area contributed by atoms with Crippen LogP contribution in [0.3, 0.4) is 0 Å². The van der Waals surface area contributed by atoms with Gasteiger partial charge in [-0.3, -0.25) is 9.80 Å². The lowest BCUT2D eigenvalue weighted by molar-refractivity contribution is 0.00464. The van der Waals surface area contributed by atoms with Crippen LogP contribution < -0.4 is 4.74 Å². The van der Waals surface area contributed by atoms with E-state index in [0.29, 0.717) is 13.2 Å². The number of β-amino-alcohol motifs (C(OH)–C–C–N with tert-alkyl or cyclic N) is 1. The Labute approximate surface area is 148 Å². The van der Waals surface area contributed by atoms with Gasteiger partial charge in [0.15, 0.2) is 0 Å². The SMILES string of the molecule is O[C@H](COc1cccc(CN2CCSCC2)c1)CN1CCOCC1. The average molecular weight is 353 g/mol. The molecule has 0 unspecified atom stereocenters. The number of nitrogens with zero attached hydrogens (tertiary/aromatic N) is 2. The average Bonchev–Trinajstić information content (AvgIpc) is 2.62. The fraction of sp³-hybridized carbons (Fsp3) is 0.667. The van der Waals surface area contributed by atoms with Gasteiger partial charge in [-0.15, -0.1) is 0 Å². The lowest BCUT2D eigenvalue weighted by atomic mass is 10.2. The molecule has 1 aromatic rings. The topological polar surface area (TPSA) is 45.2 Å². The fourth-order valence-corrected chi connectivity index (χ4v) is 4.06. The number of ether oxygens (including phenoxy) is 2. The maximum atomic E-state index is 10.2. The highest BCUT2D eigenvalue weighted by Gasteiger charge is 2.15. The molecule has 0 spiro atoms. The predicted molar refractivity (Wildman–Crippen MR) is 97.8 cm³/mol. The number of thioether (sulfide) groups is 1. The first-order valence-electron chi connectivity index (χ1n) is 8.79. The monoisotopic (exact) mass is 352 g/mol. The zero-order valence-corrected chi connectivity index (χ0v) is 15.0. The second-order valence-corrected chi connectivity index (χ2v) is 7.64. The van der Waals surface area contributed by atoms with Crippen LogP contribution in [0.4, 0.5) is 0 Å². The minimum Gasteiger partial charge on any atom is -0.491 e. The molecule has 0 aromatic heterocycles. The molecule has 134 valence electrons. The van der Waals surface area contributed by atoms with E-state index >= 15 is 0 Å². The fourth-order valence-electron chi connectivity index (χ4n) is 3.08. The van der Waals surface area contributed by atoms with E-state index < -0.39 is 6.10 Å². The number of aliphatic hydroxyl groups excluding tert-OH is 1. The van der Waals surface area contributed by atoms with Gasteiger partial charge in [-0.2, -0.15) is 11.8 Å². The van der Waals surface area contributed by atoms with Gasteiger partial charge in [0.05, 0.1) is 13.2 Å². The van der Waals surface area contributed by atoms with Crippen molar-refractivity contribution in [3.05, 3.63) is 29.8 Å². The van der Waals surface area contributed by atoms with Crippen molar-refractivity contribution in [3.63, 3.8) is 0 Å². The van der Waals surface area contributed by atoms with Gasteiger partial charge in [0.1, 0.15) is 18.5 Å². The highest BCUT2D eigenvalue weighted by atomic mass is 32.2. The van der Waals surface area contributed by atoms with Crippen LogP contribution in [0.15, 0.2) is 24.3 Å². The quantitative estimate of drug-likeness (QED) is 0.798. The molecule has 0 aliphatic carbocycles. The minimum absolute atomic E-state index is 0.334. The first kappa shape index (κ1) is 18.0. The molecule has 1 N–H and O–H groups in total. The summed E-state index contributed by atoms with van der Waals surface area (Å²) in [5.74, 6) is 3.30. The molecular weight excluding hydrogens is 324 g/mol. The van der Waals surface area contributed by atoms with Crippen LogP contribution in [-0.4, -0.2) is 85.1 Å². The van der Waals surface area contributed by atoms with E-state index in [-0.39, 0.29) is 0 Å². The lowest BCUT2D eigenvalue weighted by Crippen LogP contribution is -2.42. The van der Waals surface area contributed by atoms with Gasteiger partial charge in [-0.1, -0.05) is 12.1 Å². The van der Waals surface area contributed by atoms with Gasteiger partial charge in [0.2, 0.25) is 0 Å². The highest BCUT2D eigenvalue weighted by Crippen LogP contribution is 2.17. The Morgan fingerprint density at radius 1 is 1.12 bits per heavy atom. The summed E-state index contributed by atoms with van der Waals surface area (Å²) in [7, 11) is 0. The van der Waals surface area contributed by atoms with Gasteiger partial charge in [-0.25, -0.2) is 0 Å². The van der Waals surface area contributed by atoms with E-state index in [4.69, 9.17) is 9.47 Å². The van der Waals surface area contributed by atoms with Gasteiger partial charge in [-0.05, 0) is 17.7 Å². The van der Waals surface area contributed by atoms with Gasteiger partial charge in [0, 0.05) is 50.8 Å². The third-order valence-corrected chi connectivity index (χ3v) is 5.37. The van der Waals surface area contributed by atoms with E-state index in [1.54, 1.807) is 0 Å². The molecule has 5 nitrogen and oxygen atoms in total. The second-order valence-electron chi connectivity index (χ2n) is 6.41. The highest BCUT2D eigenvalue weighted by molar-refractivity contribution is 7.99. The molecule has 0 saturated carbocycles. The Bertz CT molecular complexity index is 491. The molecule has 24 heavy (non-hydrogen) atoms. The van der Waals surface area contributed by atoms with E-state index in [9.17, 15) is 5.11 Å². The standard InChI is InChI=1S/C18H28N2O3S/c21-17(14-19-4-8-22-9-5-19)15-23-18-3-1-2-16(12-18)13-20-6-10-24-11-7-20/h1-3,12,17,21H,4-11,13-15H2/t17-/m0/s1. The number of hydrogen-bond donors (Lipinski definition) is 1. The van der Waals surface area contributed by atoms with Crippen LogP contribution in [-0.2, 0) is 11.3 Å². The summed E-state index contributed by atoms with van der Waals surface area (Å²) < 4.78 is 11.1. The Kier molecular flexibility index (Phi) is 7.23. The van der Waals surface area contributed by atoms with Crippen LogP contribution in [0.5, 0.6) is 5.75 Å². The van der Waals surface area contributed by atoms with Gasteiger partial charge >= 0.3 is 0 Å². The number of hydrogen-bond acceptors (Lipinski definition) is 6. The molecule has 0 radical (unpaired) electrons. The largest absolute Gasteiger partial charge is 0.491 e. The lowest BCUT2D eigenvalue weighted by Gasteiger charge is -2.28. The minimum atomic E-state index is -0.467. The molecule has 1 atom stereocenters. The molecule has 2 aliphatic rings. The van der Waals surface area contributed by atoms with Crippen LogP contribution in [0.1, 0.15) is 5.56 Å². The Balaban J connectivity index is 1.43. The van der Waals surface area contributed by atoms with E-state index in [2.05, 4.69) is 21.9 Å². The number of morpholine rings is 1. The Morgan fingerprint density at radius 2 is 1.92 bits per heavy atom. The second kappa shape index (κ2) is 9.63. The molecule has 2 saturated heterocycles. The molecule has 2 aliphatic heterocycles. The Hall–Kier alpha value is -0.790. The van der Waals surface area contributed by atoms with Crippen molar-refractivity contribution in [2.45, 2.75) is 12.6 Å². The maximum absolute atomic E-state index is 10.2.